The maximum atomic E-state index is 12.1. The molecule has 0 bridgehead atoms. The van der Waals surface area contributed by atoms with Crippen LogP contribution in [0.4, 0.5) is 0 Å². The zero-order chi connectivity index (χ0) is 18.5. The van der Waals surface area contributed by atoms with Crippen LogP contribution >= 0.6 is 11.3 Å². The van der Waals surface area contributed by atoms with Gasteiger partial charge in [0.15, 0.2) is 5.65 Å². The van der Waals surface area contributed by atoms with Gasteiger partial charge in [-0.3, -0.25) is 4.79 Å². The van der Waals surface area contributed by atoms with Gasteiger partial charge in [-0.05, 0) is 36.2 Å². The fourth-order valence-electron chi connectivity index (χ4n) is 3.66. The SMILES string of the molecule is CC(C)(C)[C@H]1CCc2c(sc3ncn4nc(C(=O)NCCO)nc4c23)C1. The number of rotatable bonds is 3. The quantitative estimate of drug-likeness (QED) is 0.734. The molecule has 0 saturated heterocycles. The number of hydrogen-bond acceptors (Lipinski definition) is 6. The first-order chi connectivity index (χ1) is 12.4. The first-order valence-electron chi connectivity index (χ1n) is 8.93. The number of nitrogens with zero attached hydrogens (tertiary/aromatic N) is 4. The summed E-state index contributed by atoms with van der Waals surface area (Å²) >= 11 is 1.74. The summed E-state index contributed by atoms with van der Waals surface area (Å²) in [7, 11) is 0. The van der Waals surface area contributed by atoms with E-state index in [-0.39, 0.29) is 24.9 Å². The van der Waals surface area contributed by atoms with E-state index >= 15 is 0 Å². The Labute approximate surface area is 155 Å². The highest BCUT2D eigenvalue weighted by Gasteiger charge is 2.32. The number of fused-ring (bicyclic) bond motifs is 5. The number of aliphatic hydroxyl groups is 1. The summed E-state index contributed by atoms with van der Waals surface area (Å²) in [4.78, 5) is 23.5. The van der Waals surface area contributed by atoms with Crippen LogP contribution in [0.15, 0.2) is 6.33 Å². The van der Waals surface area contributed by atoms with E-state index in [4.69, 9.17) is 5.11 Å². The van der Waals surface area contributed by atoms with Gasteiger partial charge < -0.3 is 10.4 Å². The van der Waals surface area contributed by atoms with Crippen LogP contribution in [-0.2, 0) is 12.8 Å². The van der Waals surface area contributed by atoms with Crippen LogP contribution in [0.25, 0.3) is 15.9 Å². The number of carbonyl (C=O) groups is 1. The van der Waals surface area contributed by atoms with Gasteiger partial charge in [-0.15, -0.1) is 16.4 Å². The Morgan fingerprint density at radius 1 is 1.46 bits per heavy atom. The molecule has 7 nitrogen and oxygen atoms in total. The third kappa shape index (κ3) is 2.87. The fourth-order valence-corrected chi connectivity index (χ4v) is 4.92. The molecule has 0 spiro atoms. The number of aromatic nitrogens is 4. The molecule has 1 aliphatic carbocycles. The van der Waals surface area contributed by atoms with Crippen LogP contribution in [0.1, 0.15) is 48.3 Å². The van der Waals surface area contributed by atoms with Crippen molar-refractivity contribution >= 4 is 33.1 Å². The van der Waals surface area contributed by atoms with Crippen molar-refractivity contribution in [2.45, 2.75) is 40.0 Å². The van der Waals surface area contributed by atoms with Crippen LogP contribution in [0.2, 0.25) is 0 Å². The molecule has 1 amide bonds. The summed E-state index contributed by atoms with van der Waals surface area (Å²) in [5.74, 6) is 0.389. The maximum absolute atomic E-state index is 12.1. The summed E-state index contributed by atoms with van der Waals surface area (Å²) in [5.41, 5.74) is 2.30. The molecule has 0 unspecified atom stereocenters. The van der Waals surface area contributed by atoms with Crippen LogP contribution in [0.5, 0.6) is 0 Å². The molecule has 0 aliphatic heterocycles. The standard InChI is InChI=1S/C18H23N5O2S/c1-18(2,3)10-4-5-11-12(8-10)26-17-13(11)15-21-14(16(25)19-6-7-24)22-23(15)9-20-17/h9-10,24H,4-8H2,1-3H3,(H,19,25)/t10-/m0/s1. The summed E-state index contributed by atoms with van der Waals surface area (Å²) in [6.45, 7) is 6.99. The van der Waals surface area contributed by atoms with E-state index in [1.54, 1.807) is 22.2 Å². The summed E-state index contributed by atoms with van der Waals surface area (Å²) in [5, 5.41) is 16.7. The Morgan fingerprint density at radius 3 is 3.00 bits per heavy atom. The van der Waals surface area contributed by atoms with Gasteiger partial charge in [-0.25, -0.2) is 14.5 Å². The van der Waals surface area contributed by atoms with Gasteiger partial charge in [0.25, 0.3) is 5.91 Å². The van der Waals surface area contributed by atoms with Crippen LogP contribution in [0.3, 0.4) is 0 Å². The zero-order valence-electron chi connectivity index (χ0n) is 15.2. The number of aliphatic hydroxyl groups excluding tert-OH is 1. The number of aryl methyl sites for hydroxylation is 1. The van der Waals surface area contributed by atoms with Crippen LogP contribution in [0, 0.1) is 11.3 Å². The Hall–Kier alpha value is -2.06. The number of hydrogen-bond donors (Lipinski definition) is 2. The average Bonchev–Trinajstić information content (AvgIpc) is 3.18. The lowest BCUT2D eigenvalue weighted by Gasteiger charge is -2.33. The second kappa shape index (κ2) is 6.28. The largest absolute Gasteiger partial charge is 0.395 e. The Bertz CT molecular complexity index is 985. The van der Waals surface area contributed by atoms with E-state index in [2.05, 4.69) is 41.2 Å². The van der Waals surface area contributed by atoms with Crippen molar-refractivity contribution in [3.8, 4) is 0 Å². The van der Waals surface area contributed by atoms with Crippen molar-refractivity contribution < 1.29 is 9.90 Å². The highest BCUT2D eigenvalue weighted by Crippen LogP contribution is 2.43. The lowest BCUT2D eigenvalue weighted by atomic mass is 9.72. The lowest BCUT2D eigenvalue weighted by molar-refractivity contribution is 0.0934. The number of carbonyl (C=O) groups excluding carboxylic acids is 1. The van der Waals surface area contributed by atoms with Gasteiger partial charge in [0.05, 0.1) is 12.0 Å². The molecule has 8 heteroatoms. The third-order valence-electron chi connectivity index (χ3n) is 5.21. The maximum Gasteiger partial charge on any atom is 0.291 e. The molecular formula is C18H23N5O2S. The molecule has 2 N–H and O–H groups in total. The highest BCUT2D eigenvalue weighted by molar-refractivity contribution is 7.19. The molecule has 26 heavy (non-hydrogen) atoms. The monoisotopic (exact) mass is 373 g/mol. The van der Waals surface area contributed by atoms with E-state index < -0.39 is 0 Å². The van der Waals surface area contributed by atoms with E-state index in [1.165, 1.54) is 10.4 Å². The van der Waals surface area contributed by atoms with E-state index in [1.807, 2.05) is 0 Å². The first kappa shape index (κ1) is 17.4. The zero-order valence-corrected chi connectivity index (χ0v) is 16.1. The molecule has 0 aromatic carbocycles. The summed E-state index contributed by atoms with van der Waals surface area (Å²) < 4.78 is 1.58. The van der Waals surface area contributed by atoms with E-state index in [9.17, 15) is 4.79 Å². The molecular weight excluding hydrogens is 350 g/mol. The van der Waals surface area contributed by atoms with Gasteiger partial charge in [0, 0.05) is 11.4 Å². The number of nitrogens with one attached hydrogen (secondary N) is 1. The Kier molecular flexibility index (Phi) is 4.19. The van der Waals surface area contributed by atoms with Crippen molar-refractivity contribution in [3.63, 3.8) is 0 Å². The third-order valence-corrected chi connectivity index (χ3v) is 6.37. The Balaban J connectivity index is 1.78. The minimum absolute atomic E-state index is 0.107. The Morgan fingerprint density at radius 2 is 2.27 bits per heavy atom. The topological polar surface area (TPSA) is 92.4 Å². The van der Waals surface area contributed by atoms with Gasteiger partial charge in [-0.2, -0.15) is 0 Å². The normalized spacial score (nSPS) is 17.6. The second-order valence-corrected chi connectivity index (χ2v) is 9.00. The van der Waals surface area contributed by atoms with Crippen molar-refractivity contribution in [3.05, 3.63) is 22.6 Å². The molecule has 1 aliphatic rings. The summed E-state index contributed by atoms with van der Waals surface area (Å²) in [6, 6.07) is 0. The van der Waals surface area contributed by atoms with Crippen LogP contribution < -0.4 is 5.32 Å². The molecule has 0 fully saturated rings. The fraction of sp³-hybridized carbons (Fsp3) is 0.556. The van der Waals surface area contributed by atoms with Crippen molar-refractivity contribution in [1.29, 1.82) is 0 Å². The summed E-state index contributed by atoms with van der Waals surface area (Å²) in [6.07, 6.45) is 4.86. The van der Waals surface area contributed by atoms with Crippen molar-refractivity contribution in [2.75, 3.05) is 13.2 Å². The predicted octanol–water partition coefficient (Wildman–Crippen LogP) is 2.21. The molecule has 3 heterocycles. The molecule has 0 saturated carbocycles. The second-order valence-electron chi connectivity index (χ2n) is 7.92. The number of thiophene rings is 1. The van der Waals surface area contributed by atoms with Gasteiger partial charge in [-0.1, -0.05) is 20.8 Å². The minimum atomic E-state index is -0.382. The highest BCUT2D eigenvalue weighted by atomic mass is 32.1. The van der Waals surface area contributed by atoms with Crippen molar-refractivity contribution in [1.82, 2.24) is 24.9 Å². The molecule has 3 aromatic rings. The van der Waals surface area contributed by atoms with Gasteiger partial charge in [0.2, 0.25) is 5.82 Å². The first-order valence-corrected chi connectivity index (χ1v) is 9.75. The molecule has 3 aromatic heterocycles. The van der Waals surface area contributed by atoms with Gasteiger partial charge in [0.1, 0.15) is 11.2 Å². The molecule has 0 radical (unpaired) electrons. The number of amides is 1. The van der Waals surface area contributed by atoms with Crippen LogP contribution in [-0.4, -0.2) is 43.7 Å². The predicted molar refractivity (Wildman–Crippen MR) is 101 cm³/mol. The lowest BCUT2D eigenvalue weighted by Crippen LogP contribution is -2.27. The smallest absolute Gasteiger partial charge is 0.291 e. The molecule has 1 atom stereocenters. The average molecular weight is 373 g/mol. The van der Waals surface area contributed by atoms with Crippen molar-refractivity contribution in [2.24, 2.45) is 11.3 Å². The minimum Gasteiger partial charge on any atom is -0.395 e. The van der Waals surface area contributed by atoms with Gasteiger partial charge >= 0.3 is 0 Å². The molecule has 4 rings (SSSR count). The molecule has 138 valence electrons. The van der Waals surface area contributed by atoms with E-state index in [0.717, 1.165) is 29.5 Å². The van der Waals surface area contributed by atoms with E-state index in [0.29, 0.717) is 17.0 Å².